The molecule has 4 rings (SSSR count). The van der Waals surface area contributed by atoms with E-state index in [0.29, 0.717) is 25.2 Å². The molecule has 6 heteroatoms. The lowest BCUT2D eigenvalue weighted by atomic mass is 9.88. The fourth-order valence-electron chi connectivity index (χ4n) is 4.50. The largest absolute Gasteiger partial charge is 0.361 e. The SMILES string of the molecule is CN1CCC(C)(C(=O)N2CCCN(C(=O)c3cccc4cc[nH]c34)CC2)C1. The third-order valence-corrected chi connectivity index (χ3v) is 6.07. The van der Waals surface area contributed by atoms with Gasteiger partial charge in [0.15, 0.2) is 0 Å². The Kier molecular flexibility index (Phi) is 4.68. The van der Waals surface area contributed by atoms with Crippen molar-refractivity contribution in [3.63, 3.8) is 0 Å². The number of carbonyl (C=O) groups excluding carboxylic acids is 2. The number of amides is 2. The second kappa shape index (κ2) is 7.00. The average molecular weight is 368 g/mol. The van der Waals surface area contributed by atoms with Crippen LogP contribution in [0.4, 0.5) is 0 Å². The van der Waals surface area contributed by atoms with Crippen LogP contribution in [0.5, 0.6) is 0 Å². The summed E-state index contributed by atoms with van der Waals surface area (Å²) in [5.41, 5.74) is 1.31. The van der Waals surface area contributed by atoms with Crippen LogP contribution in [0.15, 0.2) is 30.5 Å². The fourth-order valence-corrected chi connectivity index (χ4v) is 4.50. The van der Waals surface area contributed by atoms with Crippen molar-refractivity contribution in [2.24, 2.45) is 5.41 Å². The number of nitrogens with one attached hydrogen (secondary N) is 1. The summed E-state index contributed by atoms with van der Waals surface area (Å²) < 4.78 is 0. The quantitative estimate of drug-likeness (QED) is 0.884. The van der Waals surface area contributed by atoms with Crippen LogP contribution in [0.2, 0.25) is 0 Å². The standard InChI is InChI=1S/C21H28N4O2/c1-21(8-12-23(2)15-21)20(27)25-11-4-10-24(13-14-25)19(26)17-6-3-5-16-7-9-22-18(16)17/h3,5-7,9,22H,4,8,10-15H2,1-2H3. The molecule has 2 aliphatic rings. The van der Waals surface area contributed by atoms with Crippen molar-refractivity contribution >= 4 is 22.7 Å². The molecule has 1 unspecified atom stereocenters. The summed E-state index contributed by atoms with van der Waals surface area (Å²) in [6, 6.07) is 7.79. The maximum atomic E-state index is 13.1. The van der Waals surface area contributed by atoms with Crippen molar-refractivity contribution in [3.05, 3.63) is 36.0 Å². The van der Waals surface area contributed by atoms with E-state index in [1.165, 1.54) is 0 Å². The molecule has 144 valence electrons. The first-order valence-electron chi connectivity index (χ1n) is 9.81. The van der Waals surface area contributed by atoms with Crippen LogP contribution < -0.4 is 0 Å². The lowest BCUT2D eigenvalue weighted by Crippen LogP contribution is -2.45. The van der Waals surface area contributed by atoms with Crippen LogP contribution in [-0.2, 0) is 4.79 Å². The van der Waals surface area contributed by atoms with Gasteiger partial charge in [-0.25, -0.2) is 0 Å². The van der Waals surface area contributed by atoms with Gasteiger partial charge in [0.25, 0.3) is 5.91 Å². The normalized spacial score (nSPS) is 24.4. The van der Waals surface area contributed by atoms with Gasteiger partial charge in [0.05, 0.1) is 16.5 Å². The molecule has 0 saturated carbocycles. The zero-order valence-electron chi connectivity index (χ0n) is 16.2. The molecule has 0 spiro atoms. The maximum Gasteiger partial charge on any atom is 0.256 e. The molecule has 2 aromatic rings. The number of benzene rings is 1. The van der Waals surface area contributed by atoms with Crippen LogP contribution in [0.3, 0.4) is 0 Å². The molecule has 1 atom stereocenters. The fraction of sp³-hybridized carbons (Fsp3) is 0.524. The topological polar surface area (TPSA) is 59.7 Å². The van der Waals surface area contributed by atoms with E-state index in [-0.39, 0.29) is 17.2 Å². The van der Waals surface area contributed by atoms with Gasteiger partial charge in [-0.05, 0) is 45.5 Å². The lowest BCUT2D eigenvalue weighted by Gasteiger charge is -2.31. The molecule has 1 aromatic heterocycles. The Morgan fingerprint density at radius 2 is 1.81 bits per heavy atom. The first kappa shape index (κ1) is 18.0. The number of aromatic amines is 1. The molecule has 6 nitrogen and oxygen atoms in total. The van der Waals surface area contributed by atoms with E-state index >= 15 is 0 Å². The van der Waals surface area contributed by atoms with Crippen molar-refractivity contribution in [1.82, 2.24) is 19.7 Å². The second-order valence-corrected chi connectivity index (χ2v) is 8.23. The highest BCUT2D eigenvalue weighted by Gasteiger charge is 2.41. The number of para-hydroxylation sites is 1. The zero-order valence-corrected chi connectivity index (χ0v) is 16.2. The van der Waals surface area contributed by atoms with Crippen molar-refractivity contribution < 1.29 is 9.59 Å². The van der Waals surface area contributed by atoms with E-state index in [1.54, 1.807) is 0 Å². The Labute approximate surface area is 160 Å². The van der Waals surface area contributed by atoms with E-state index in [1.807, 2.05) is 40.3 Å². The third-order valence-electron chi connectivity index (χ3n) is 6.07. The number of H-pyrrole nitrogens is 1. The first-order valence-corrected chi connectivity index (χ1v) is 9.81. The summed E-state index contributed by atoms with van der Waals surface area (Å²) in [4.78, 5) is 35.5. The smallest absolute Gasteiger partial charge is 0.256 e. The Hall–Kier alpha value is -2.34. The second-order valence-electron chi connectivity index (χ2n) is 8.23. The molecule has 27 heavy (non-hydrogen) atoms. The van der Waals surface area contributed by atoms with Gasteiger partial charge in [0.2, 0.25) is 5.91 Å². The molecular formula is C21H28N4O2. The predicted molar refractivity (Wildman–Crippen MR) is 106 cm³/mol. The minimum Gasteiger partial charge on any atom is -0.361 e. The van der Waals surface area contributed by atoms with Crippen LogP contribution in [0, 0.1) is 5.41 Å². The van der Waals surface area contributed by atoms with Crippen molar-refractivity contribution in [3.8, 4) is 0 Å². The lowest BCUT2D eigenvalue weighted by molar-refractivity contribution is -0.140. The van der Waals surface area contributed by atoms with Crippen LogP contribution in [0.1, 0.15) is 30.1 Å². The summed E-state index contributed by atoms with van der Waals surface area (Å²) >= 11 is 0. The van der Waals surface area contributed by atoms with Gasteiger partial charge < -0.3 is 19.7 Å². The van der Waals surface area contributed by atoms with Crippen LogP contribution in [-0.4, -0.2) is 77.8 Å². The van der Waals surface area contributed by atoms with Crippen LogP contribution >= 0.6 is 0 Å². The van der Waals surface area contributed by atoms with E-state index in [4.69, 9.17) is 0 Å². The monoisotopic (exact) mass is 368 g/mol. The molecule has 0 bridgehead atoms. The minimum absolute atomic E-state index is 0.0455. The van der Waals surface area contributed by atoms with E-state index in [9.17, 15) is 9.59 Å². The third kappa shape index (κ3) is 3.34. The Morgan fingerprint density at radius 3 is 2.59 bits per heavy atom. The van der Waals surface area contributed by atoms with Gasteiger partial charge >= 0.3 is 0 Å². The van der Waals surface area contributed by atoms with Crippen molar-refractivity contribution in [2.45, 2.75) is 19.8 Å². The number of hydrogen-bond donors (Lipinski definition) is 1. The average Bonchev–Trinajstić information content (AvgIpc) is 3.19. The maximum absolute atomic E-state index is 13.1. The zero-order chi connectivity index (χ0) is 19.0. The number of carbonyl (C=O) groups is 2. The molecule has 2 amide bonds. The number of hydrogen-bond acceptors (Lipinski definition) is 3. The molecule has 1 aromatic carbocycles. The number of likely N-dealkylation sites (tertiary alicyclic amines) is 1. The summed E-state index contributed by atoms with van der Waals surface area (Å²) in [6.07, 6.45) is 3.60. The Morgan fingerprint density at radius 1 is 1.04 bits per heavy atom. The highest BCUT2D eigenvalue weighted by Crippen LogP contribution is 2.31. The number of nitrogens with zero attached hydrogens (tertiary/aromatic N) is 3. The molecule has 3 heterocycles. The van der Waals surface area contributed by atoms with Gasteiger partial charge in [-0.3, -0.25) is 9.59 Å². The highest BCUT2D eigenvalue weighted by molar-refractivity contribution is 6.05. The number of rotatable bonds is 2. The summed E-state index contributed by atoms with van der Waals surface area (Å²) in [6.45, 7) is 6.50. The van der Waals surface area contributed by atoms with Crippen molar-refractivity contribution in [1.29, 1.82) is 0 Å². The van der Waals surface area contributed by atoms with Gasteiger partial charge in [0.1, 0.15) is 0 Å². The van der Waals surface area contributed by atoms with Crippen molar-refractivity contribution in [2.75, 3.05) is 46.3 Å². The molecular weight excluding hydrogens is 340 g/mol. The van der Waals surface area contributed by atoms with Gasteiger partial charge in [-0.2, -0.15) is 0 Å². The summed E-state index contributed by atoms with van der Waals surface area (Å²) in [5, 5.41) is 1.05. The molecule has 2 aliphatic heterocycles. The minimum atomic E-state index is -0.288. The van der Waals surface area contributed by atoms with Gasteiger partial charge in [-0.1, -0.05) is 12.1 Å². The van der Waals surface area contributed by atoms with Gasteiger partial charge in [-0.15, -0.1) is 0 Å². The predicted octanol–water partition coefficient (Wildman–Crippen LogP) is 2.18. The first-order chi connectivity index (χ1) is 13.0. The molecule has 1 N–H and O–H groups in total. The Bertz CT molecular complexity index is 861. The highest BCUT2D eigenvalue weighted by atomic mass is 16.2. The van der Waals surface area contributed by atoms with E-state index < -0.39 is 0 Å². The van der Waals surface area contributed by atoms with E-state index in [0.717, 1.165) is 43.4 Å². The molecule has 2 fully saturated rings. The molecule has 0 radical (unpaired) electrons. The molecule has 0 aliphatic carbocycles. The van der Waals surface area contributed by atoms with Gasteiger partial charge in [0, 0.05) is 44.3 Å². The Balaban J connectivity index is 1.46. The number of fused-ring (bicyclic) bond motifs is 1. The number of aromatic nitrogens is 1. The molecule has 2 saturated heterocycles. The van der Waals surface area contributed by atoms with E-state index in [2.05, 4.69) is 23.9 Å². The summed E-state index contributed by atoms with van der Waals surface area (Å²) in [7, 11) is 2.07. The van der Waals surface area contributed by atoms with Crippen LogP contribution in [0.25, 0.3) is 10.9 Å². The summed E-state index contributed by atoms with van der Waals surface area (Å²) in [5.74, 6) is 0.289.